The van der Waals surface area contributed by atoms with E-state index in [1.807, 2.05) is 12.1 Å². The van der Waals surface area contributed by atoms with Crippen LogP contribution in [0.15, 0.2) is 36.7 Å². The maximum atomic E-state index is 11.5. The highest BCUT2D eigenvalue weighted by Gasteiger charge is 2.23. The van der Waals surface area contributed by atoms with E-state index in [4.69, 9.17) is 0 Å². The number of hydrogen-bond donors (Lipinski definition) is 3. The average molecular weight is 284 g/mol. The summed E-state index contributed by atoms with van der Waals surface area (Å²) in [6, 6.07) is 7.44. The lowest BCUT2D eigenvalue weighted by molar-refractivity contribution is 0.251. The van der Waals surface area contributed by atoms with Crippen LogP contribution in [-0.4, -0.2) is 27.3 Å². The number of anilines is 2. The first-order chi connectivity index (χ1) is 10.3. The summed E-state index contributed by atoms with van der Waals surface area (Å²) >= 11 is 0. The van der Waals surface area contributed by atoms with E-state index >= 15 is 0 Å². The summed E-state index contributed by atoms with van der Waals surface area (Å²) < 4.78 is 0. The molecule has 7 nitrogen and oxygen atoms in total. The molecule has 0 aromatic carbocycles. The van der Waals surface area contributed by atoms with Gasteiger partial charge in [-0.15, -0.1) is 10.2 Å². The van der Waals surface area contributed by atoms with Crippen molar-refractivity contribution in [2.75, 3.05) is 10.6 Å². The number of aromatic nitrogens is 3. The molecule has 1 saturated carbocycles. The average Bonchev–Trinajstić information content (AvgIpc) is 3.31. The molecule has 0 aliphatic heterocycles. The molecule has 2 heterocycles. The highest BCUT2D eigenvalue weighted by molar-refractivity contribution is 5.88. The van der Waals surface area contributed by atoms with Crippen LogP contribution in [-0.2, 0) is 6.54 Å². The van der Waals surface area contributed by atoms with Gasteiger partial charge in [0.05, 0.1) is 0 Å². The summed E-state index contributed by atoms with van der Waals surface area (Å²) in [6.07, 6.45) is 5.59. The van der Waals surface area contributed by atoms with Crippen LogP contribution in [0.25, 0.3) is 0 Å². The molecule has 0 atom stereocenters. The summed E-state index contributed by atoms with van der Waals surface area (Å²) in [4.78, 5) is 15.5. The number of nitrogens with zero attached hydrogens (tertiary/aromatic N) is 3. The maximum absolute atomic E-state index is 11.5. The quantitative estimate of drug-likeness (QED) is 0.778. The van der Waals surface area contributed by atoms with Gasteiger partial charge in [-0.3, -0.25) is 10.3 Å². The van der Waals surface area contributed by atoms with E-state index in [0.717, 1.165) is 18.4 Å². The van der Waals surface area contributed by atoms with Gasteiger partial charge in [0.2, 0.25) is 0 Å². The standard InChI is InChI=1S/C14H16N6O/c21-14(17-11-1-2-11)18-13-4-3-12(19-20-13)16-9-10-5-7-15-8-6-10/h3-8,11H,1-2,9H2,(H,16,19)(H2,17,18,20,21). The minimum absolute atomic E-state index is 0.232. The number of carbonyl (C=O) groups is 1. The summed E-state index contributed by atoms with van der Waals surface area (Å²) in [5, 5.41) is 16.6. The first-order valence-electron chi connectivity index (χ1n) is 6.83. The van der Waals surface area contributed by atoms with Crippen molar-refractivity contribution in [2.45, 2.75) is 25.4 Å². The number of rotatable bonds is 5. The Hall–Kier alpha value is -2.70. The molecule has 2 aromatic heterocycles. The number of nitrogens with one attached hydrogen (secondary N) is 3. The SMILES string of the molecule is O=C(Nc1ccc(NCc2ccncc2)nn1)NC1CC1. The molecule has 0 spiro atoms. The van der Waals surface area contributed by atoms with Gasteiger partial charge in [-0.2, -0.15) is 0 Å². The Labute approximate surface area is 122 Å². The van der Waals surface area contributed by atoms with E-state index < -0.39 is 0 Å². The first-order valence-corrected chi connectivity index (χ1v) is 6.83. The molecule has 108 valence electrons. The summed E-state index contributed by atoms with van der Waals surface area (Å²) in [5.74, 6) is 1.09. The molecular formula is C14H16N6O. The topological polar surface area (TPSA) is 91.8 Å². The highest BCUT2D eigenvalue weighted by atomic mass is 16.2. The van der Waals surface area contributed by atoms with Crippen molar-refractivity contribution in [3.8, 4) is 0 Å². The Morgan fingerprint density at radius 3 is 2.48 bits per heavy atom. The molecule has 0 unspecified atom stereocenters. The van der Waals surface area contributed by atoms with E-state index in [1.165, 1.54) is 0 Å². The molecule has 0 saturated heterocycles. The number of pyridine rings is 1. The fourth-order valence-electron chi connectivity index (χ4n) is 1.75. The van der Waals surface area contributed by atoms with Gasteiger partial charge in [0.15, 0.2) is 5.82 Å². The lowest BCUT2D eigenvalue weighted by Gasteiger charge is -2.07. The van der Waals surface area contributed by atoms with Crippen LogP contribution in [0.1, 0.15) is 18.4 Å². The molecule has 0 radical (unpaired) electrons. The fraction of sp³-hybridized carbons (Fsp3) is 0.286. The van der Waals surface area contributed by atoms with Crippen LogP contribution in [0.2, 0.25) is 0 Å². The van der Waals surface area contributed by atoms with Gasteiger partial charge in [0.25, 0.3) is 0 Å². The van der Waals surface area contributed by atoms with Crippen molar-refractivity contribution >= 4 is 17.7 Å². The van der Waals surface area contributed by atoms with Crippen LogP contribution < -0.4 is 16.0 Å². The Morgan fingerprint density at radius 1 is 1.10 bits per heavy atom. The zero-order valence-corrected chi connectivity index (χ0v) is 11.4. The highest BCUT2D eigenvalue weighted by Crippen LogP contribution is 2.18. The second-order valence-electron chi connectivity index (χ2n) is 4.89. The van der Waals surface area contributed by atoms with Crippen LogP contribution in [0.3, 0.4) is 0 Å². The number of urea groups is 1. The zero-order valence-electron chi connectivity index (χ0n) is 11.4. The van der Waals surface area contributed by atoms with Crippen molar-refractivity contribution in [1.82, 2.24) is 20.5 Å². The van der Waals surface area contributed by atoms with Gasteiger partial charge in [0, 0.05) is 25.0 Å². The molecule has 3 rings (SSSR count). The molecule has 21 heavy (non-hydrogen) atoms. The normalized spacial score (nSPS) is 13.5. The first kappa shape index (κ1) is 13.3. The largest absolute Gasteiger partial charge is 0.365 e. The molecule has 3 N–H and O–H groups in total. The summed E-state index contributed by atoms with van der Waals surface area (Å²) in [6.45, 7) is 0.645. The van der Waals surface area contributed by atoms with E-state index in [1.54, 1.807) is 24.5 Å². The number of carbonyl (C=O) groups excluding carboxylic acids is 1. The van der Waals surface area contributed by atoms with Crippen molar-refractivity contribution in [3.05, 3.63) is 42.2 Å². The van der Waals surface area contributed by atoms with Crippen molar-refractivity contribution in [3.63, 3.8) is 0 Å². The zero-order chi connectivity index (χ0) is 14.5. The van der Waals surface area contributed by atoms with E-state index in [-0.39, 0.29) is 6.03 Å². The lowest BCUT2D eigenvalue weighted by Crippen LogP contribution is -2.30. The third kappa shape index (κ3) is 4.13. The van der Waals surface area contributed by atoms with Crippen molar-refractivity contribution in [1.29, 1.82) is 0 Å². The third-order valence-electron chi connectivity index (χ3n) is 3.04. The van der Waals surface area contributed by atoms with Gasteiger partial charge in [-0.05, 0) is 42.7 Å². The van der Waals surface area contributed by atoms with Crippen LogP contribution in [0.5, 0.6) is 0 Å². The molecular weight excluding hydrogens is 268 g/mol. The predicted octanol–water partition coefficient (Wildman–Crippen LogP) is 1.77. The monoisotopic (exact) mass is 284 g/mol. The molecule has 7 heteroatoms. The van der Waals surface area contributed by atoms with Gasteiger partial charge in [0.1, 0.15) is 5.82 Å². The van der Waals surface area contributed by atoms with Gasteiger partial charge < -0.3 is 10.6 Å². The molecule has 1 aliphatic carbocycles. The van der Waals surface area contributed by atoms with E-state index in [2.05, 4.69) is 31.1 Å². The minimum atomic E-state index is -0.232. The predicted molar refractivity (Wildman–Crippen MR) is 78.8 cm³/mol. The van der Waals surface area contributed by atoms with Gasteiger partial charge in [-0.25, -0.2) is 4.79 Å². The lowest BCUT2D eigenvalue weighted by atomic mass is 10.3. The number of hydrogen-bond acceptors (Lipinski definition) is 5. The van der Waals surface area contributed by atoms with E-state index in [9.17, 15) is 4.79 Å². The van der Waals surface area contributed by atoms with Crippen LogP contribution in [0.4, 0.5) is 16.4 Å². The minimum Gasteiger partial charge on any atom is -0.365 e. The Balaban J connectivity index is 1.50. The van der Waals surface area contributed by atoms with Crippen molar-refractivity contribution < 1.29 is 4.79 Å². The van der Waals surface area contributed by atoms with Crippen molar-refractivity contribution in [2.24, 2.45) is 0 Å². The van der Waals surface area contributed by atoms with Crippen LogP contribution >= 0.6 is 0 Å². The third-order valence-corrected chi connectivity index (χ3v) is 3.04. The molecule has 1 aliphatic rings. The summed E-state index contributed by atoms with van der Waals surface area (Å²) in [5.41, 5.74) is 1.11. The molecule has 2 amide bonds. The van der Waals surface area contributed by atoms with E-state index in [0.29, 0.717) is 24.2 Å². The molecule has 1 fully saturated rings. The van der Waals surface area contributed by atoms with Gasteiger partial charge in [-0.1, -0.05) is 0 Å². The second-order valence-corrected chi connectivity index (χ2v) is 4.89. The van der Waals surface area contributed by atoms with Crippen LogP contribution in [0, 0.1) is 0 Å². The molecule has 2 aromatic rings. The fourth-order valence-corrected chi connectivity index (χ4v) is 1.75. The molecule has 0 bridgehead atoms. The Bertz CT molecular complexity index is 597. The number of amides is 2. The van der Waals surface area contributed by atoms with Gasteiger partial charge >= 0.3 is 6.03 Å². The second kappa shape index (κ2) is 6.17. The smallest absolute Gasteiger partial charge is 0.320 e. The Morgan fingerprint density at radius 2 is 1.81 bits per heavy atom. The maximum Gasteiger partial charge on any atom is 0.320 e. The summed E-state index contributed by atoms with van der Waals surface area (Å²) in [7, 11) is 0. The Kier molecular flexibility index (Phi) is 3.90.